The van der Waals surface area contributed by atoms with Gasteiger partial charge in [0.15, 0.2) is 11.5 Å². The van der Waals surface area contributed by atoms with Crippen molar-refractivity contribution in [2.45, 2.75) is 13.0 Å². The predicted molar refractivity (Wildman–Crippen MR) is 101 cm³/mol. The molecule has 0 unspecified atom stereocenters. The highest BCUT2D eigenvalue weighted by atomic mass is 32.2. The molecule has 0 aromatic heterocycles. The highest BCUT2D eigenvalue weighted by Gasteiger charge is 2.31. The van der Waals surface area contributed by atoms with Crippen molar-refractivity contribution in [2.75, 3.05) is 30.1 Å². The molecule has 0 bridgehead atoms. The van der Waals surface area contributed by atoms with Gasteiger partial charge >= 0.3 is 0 Å². The van der Waals surface area contributed by atoms with Gasteiger partial charge in [0.1, 0.15) is 11.9 Å². The number of hydrogen-bond acceptors (Lipinski definition) is 5. The Bertz CT molecular complexity index is 933. The van der Waals surface area contributed by atoms with E-state index in [0.717, 1.165) is 16.6 Å². The predicted octanol–water partition coefficient (Wildman–Crippen LogP) is 2.64. The summed E-state index contributed by atoms with van der Waals surface area (Å²) >= 11 is 0. The lowest BCUT2D eigenvalue weighted by molar-refractivity contribution is -0.116. The minimum Gasteiger partial charge on any atom is -0.493 e. The van der Waals surface area contributed by atoms with Gasteiger partial charge < -0.3 is 14.8 Å². The first-order valence-electron chi connectivity index (χ1n) is 7.96. The van der Waals surface area contributed by atoms with Crippen LogP contribution in [0.1, 0.15) is 6.92 Å². The third-order valence-corrected chi connectivity index (χ3v) is 5.06. The fourth-order valence-electron chi connectivity index (χ4n) is 2.57. The van der Waals surface area contributed by atoms with E-state index >= 15 is 0 Å². The standard InChI is InChI=1S/C18H21FN2O5S/c1-12(21(27(4,23)24)15-8-6-5-7-14(15)19)18(22)20-13-9-10-16(25-2)17(11-13)26-3/h5-12H,1-4H3,(H,20,22)/t12-/m1/s1. The molecule has 0 radical (unpaired) electrons. The van der Waals surface area contributed by atoms with Crippen LogP contribution in [0.4, 0.5) is 15.8 Å². The number of ether oxygens (including phenoxy) is 2. The van der Waals surface area contributed by atoms with Crippen LogP contribution < -0.4 is 19.1 Å². The van der Waals surface area contributed by atoms with Crippen molar-refractivity contribution in [2.24, 2.45) is 0 Å². The Kier molecular flexibility index (Phi) is 6.27. The number of nitrogens with one attached hydrogen (secondary N) is 1. The van der Waals surface area contributed by atoms with E-state index in [0.29, 0.717) is 17.2 Å². The molecule has 2 aromatic rings. The molecule has 0 saturated carbocycles. The van der Waals surface area contributed by atoms with E-state index < -0.39 is 27.8 Å². The van der Waals surface area contributed by atoms with E-state index in [2.05, 4.69) is 5.32 Å². The molecule has 0 aliphatic rings. The number of rotatable bonds is 7. The van der Waals surface area contributed by atoms with Gasteiger partial charge in [-0.15, -0.1) is 0 Å². The number of methoxy groups -OCH3 is 2. The number of nitrogens with zero attached hydrogens (tertiary/aromatic N) is 1. The van der Waals surface area contributed by atoms with E-state index in [1.54, 1.807) is 12.1 Å². The van der Waals surface area contributed by atoms with E-state index in [1.165, 1.54) is 45.4 Å². The zero-order valence-corrected chi connectivity index (χ0v) is 16.2. The Hall–Kier alpha value is -2.81. The zero-order valence-electron chi connectivity index (χ0n) is 15.4. The number of para-hydroxylation sites is 1. The SMILES string of the molecule is COc1ccc(NC(=O)[C@@H](C)N(c2ccccc2F)S(C)(=O)=O)cc1OC. The molecule has 2 aromatic carbocycles. The molecule has 27 heavy (non-hydrogen) atoms. The van der Waals surface area contributed by atoms with Crippen LogP contribution in [0.3, 0.4) is 0 Å². The highest BCUT2D eigenvalue weighted by Crippen LogP contribution is 2.30. The highest BCUT2D eigenvalue weighted by molar-refractivity contribution is 7.92. The maximum atomic E-state index is 14.1. The van der Waals surface area contributed by atoms with E-state index in [1.807, 2.05) is 0 Å². The average Bonchev–Trinajstić information content (AvgIpc) is 2.62. The molecule has 0 spiro atoms. The lowest BCUT2D eigenvalue weighted by atomic mass is 10.2. The summed E-state index contributed by atoms with van der Waals surface area (Å²) in [6.07, 6.45) is 0.916. The molecular formula is C18H21FN2O5S. The molecule has 0 fully saturated rings. The van der Waals surface area contributed by atoms with Gasteiger partial charge in [0, 0.05) is 11.8 Å². The number of carbonyl (C=O) groups is 1. The van der Waals surface area contributed by atoms with Crippen molar-refractivity contribution < 1.29 is 27.1 Å². The van der Waals surface area contributed by atoms with Gasteiger partial charge in [-0.1, -0.05) is 12.1 Å². The molecule has 0 heterocycles. The maximum Gasteiger partial charge on any atom is 0.247 e. The largest absolute Gasteiger partial charge is 0.493 e. The Morgan fingerprint density at radius 1 is 1.11 bits per heavy atom. The van der Waals surface area contributed by atoms with Crippen molar-refractivity contribution in [3.05, 3.63) is 48.3 Å². The van der Waals surface area contributed by atoms with E-state index in [4.69, 9.17) is 9.47 Å². The van der Waals surface area contributed by atoms with E-state index in [9.17, 15) is 17.6 Å². The third-order valence-electron chi connectivity index (χ3n) is 3.83. The average molecular weight is 396 g/mol. The molecule has 1 N–H and O–H groups in total. The number of anilines is 2. The van der Waals surface area contributed by atoms with Gasteiger partial charge in [-0.2, -0.15) is 0 Å². The van der Waals surface area contributed by atoms with Crippen LogP contribution in [-0.2, 0) is 14.8 Å². The first-order chi connectivity index (χ1) is 12.7. The Labute approximate surface area is 157 Å². The number of hydrogen-bond donors (Lipinski definition) is 1. The molecule has 1 atom stereocenters. The quantitative estimate of drug-likeness (QED) is 0.778. The molecule has 2 rings (SSSR count). The minimum absolute atomic E-state index is 0.199. The summed E-state index contributed by atoms with van der Waals surface area (Å²) in [7, 11) is -0.976. The minimum atomic E-state index is -3.91. The van der Waals surface area contributed by atoms with Crippen LogP contribution in [0.5, 0.6) is 11.5 Å². The number of amides is 1. The molecule has 0 saturated heterocycles. The van der Waals surface area contributed by atoms with E-state index in [-0.39, 0.29) is 5.69 Å². The lowest BCUT2D eigenvalue weighted by Crippen LogP contribution is -2.45. The molecule has 9 heteroatoms. The molecule has 0 aliphatic carbocycles. The number of halogens is 1. The normalized spacial score (nSPS) is 12.2. The summed E-state index contributed by atoms with van der Waals surface area (Å²) in [4.78, 5) is 12.6. The van der Waals surface area contributed by atoms with Crippen LogP contribution in [-0.4, -0.2) is 40.8 Å². The van der Waals surface area contributed by atoms with Crippen molar-refractivity contribution in [3.8, 4) is 11.5 Å². The van der Waals surface area contributed by atoms with Crippen molar-refractivity contribution in [3.63, 3.8) is 0 Å². The second-order valence-corrected chi connectivity index (χ2v) is 7.60. The Morgan fingerprint density at radius 2 is 1.74 bits per heavy atom. The fourth-order valence-corrected chi connectivity index (χ4v) is 3.75. The summed E-state index contributed by atoms with van der Waals surface area (Å²) in [6, 6.07) is 8.90. The Balaban J connectivity index is 2.32. The molecule has 146 valence electrons. The second-order valence-electron chi connectivity index (χ2n) is 5.75. The van der Waals surface area contributed by atoms with Gasteiger partial charge in [0.05, 0.1) is 26.2 Å². The van der Waals surface area contributed by atoms with Crippen molar-refractivity contribution in [1.82, 2.24) is 0 Å². The van der Waals surface area contributed by atoms with Gasteiger partial charge in [-0.05, 0) is 31.2 Å². The van der Waals surface area contributed by atoms with Crippen LogP contribution in [0.25, 0.3) is 0 Å². The Morgan fingerprint density at radius 3 is 2.30 bits per heavy atom. The summed E-state index contributed by atoms with van der Waals surface area (Å²) < 4.78 is 49.6. The molecule has 1 amide bonds. The fraction of sp³-hybridized carbons (Fsp3) is 0.278. The number of carbonyl (C=O) groups excluding carboxylic acids is 1. The summed E-state index contributed by atoms with van der Waals surface area (Å²) in [5.41, 5.74) is 0.182. The zero-order chi connectivity index (χ0) is 20.2. The monoisotopic (exact) mass is 396 g/mol. The van der Waals surface area contributed by atoms with Gasteiger partial charge in [-0.3, -0.25) is 9.10 Å². The maximum absolute atomic E-state index is 14.1. The topological polar surface area (TPSA) is 84.9 Å². The summed E-state index contributed by atoms with van der Waals surface area (Å²) in [6.45, 7) is 1.38. The first kappa shape index (κ1) is 20.5. The van der Waals surface area contributed by atoms with Gasteiger partial charge in [0.2, 0.25) is 15.9 Å². The second kappa shape index (κ2) is 8.26. The van der Waals surface area contributed by atoms with Gasteiger partial charge in [-0.25, -0.2) is 12.8 Å². The molecule has 0 aliphatic heterocycles. The number of sulfonamides is 1. The van der Waals surface area contributed by atoms with Crippen molar-refractivity contribution in [1.29, 1.82) is 0 Å². The van der Waals surface area contributed by atoms with Crippen LogP contribution in [0.2, 0.25) is 0 Å². The summed E-state index contributed by atoms with van der Waals surface area (Å²) in [5, 5.41) is 2.61. The van der Waals surface area contributed by atoms with Crippen molar-refractivity contribution >= 4 is 27.3 Å². The molecular weight excluding hydrogens is 375 g/mol. The summed E-state index contributed by atoms with van der Waals surface area (Å²) in [5.74, 6) is -0.491. The third kappa shape index (κ3) is 4.68. The number of benzene rings is 2. The van der Waals surface area contributed by atoms with Crippen LogP contribution in [0, 0.1) is 5.82 Å². The lowest BCUT2D eigenvalue weighted by Gasteiger charge is -2.28. The first-order valence-corrected chi connectivity index (χ1v) is 9.80. The van der Waals surface area contributed by atoms with Gasteiger partial charge in [0.25, 0.3) is 0 Å². The van der Waals surface area contributed by atoms with Crippen LogP contribution in [0.15, 0.2) is 42.5 Å². The molecule has 7 nitrogen and oxygen atoms in total. The smallest absolute Gasteiger partial charge is 0.247 e. The van der Waals surface area contributed by atoms with Crippen LogP contribution >= 0.6 is 0 Å².